The van der Waals surface area contributed by atoms with Crippen molar-refractivity contribution in [3.05, 3.63) is 48.2 Å². The minimum atomic E-state index is 0.547. The van der Waals surface area contributed by atoms with Crippen molar-refractivity contribution in [1.29, 1.82) is 0 Å². The van der Waals surface area contributed by atoms with Crippen LogP contribution in [0.25, 0.3) is 0 Å². The molecule has 0 aliphatic heterocycles. The number of benzene rings is 1. The van der Waals surface area contributed by atoms with Crippen LogP contribution in [0.1, 0.15) is 5.56 Å². The molecule has 5 N–H and O–H groups in total. The molecule has 0 atom stereocenters. The molecule has 1 aromatic heterocycles. The number of nitrogen functional groups attached to an aromatic ring is 2. The third-order valence-corrected chi connectivity index (χ3v) is 2.25. The highest BCUT2D eigenvalue weighted by molar-refractivity contribution is 5.59. The molecule has 78 valence electrons. The van der Waals surface area contributed by atoms with E-state index in [1.165, 1.54) is 5.56 Å². The van der Waals surface area contributed by atoms with Crippen molar-refractivity contribution in [2.24, 2.45) is 0 Å². The Morgan fingerprint density at radius 3 is 2.40 bits per heavy atom. The number of nitrogens with zero attached hydrogens (tertiary/aromatic N) is 1. The molecule has 0 fully saturated rings. The quantitative estimate of drug-likeness (QED) is 0.704. The molecule has 15 heavy (non-hydrogen) atoms. The molecular weight excluding hydrogens is 188 g/mol. The van der Waals surface area contributed by atoms with Gasteiger partial charge in [0.05, 0.1) is 12.2 Å². The van der Waals surface area contributed by atoms with Gasteiger partial charge in [0.15, 0.2) is 0 Å². The standard InChI is InChI=1S/C11H14N4/c12-10-6-7-15(11(10)13)14-8-9-4-2-1-3-5-9/h1-7,14H,8,12-13H2. The van der Waals surface area contributed by atoms with Crippen LogP contribution in [0.3, 0.4) is 0 Å². The maximum atomic E-state index is 5.74. The van der Waals surface area contributed by atoms with Gasteiger partial charge in [-0.05, 0) is 11.6 Å². The number of aromatic nitrogens is 1. The van der Waals surface area contributed by atoms with Gasteiger partial charge in [0.25, 0.3) is 0 Å². The number of anilines is 2. The lowest BCUT2D eigenvalue weighted by atomic mass is 10.2. The molecule has 0 amide bonds. The molecule has 0 saturated heterocycles. The zero-order chi connectivity index (χ0) is 10.7. The van der Waals surface area contributed by atoms with Crippen LogP contribution < -0.4 is 16.9 Å². The summed E-state index contributed by atoms with van der Waals surface area (Å²) >= 11 is 0. The van der Waals surface area contributed by atoms with Gasteiger partial charge >= 0.3 is 0 Å². The Morgan fingerprint density at radius 2 is 1.80 bits per heavy atom. The van der Waals surface area contributed by atoms with Crippen molar-refractivity contribution in [2.45, 2.75) is 6.54 Å². The van der Waals surface area contributed by atoms with E-state index < -0.39 is 0 Å². The molecule has 2 aromatic rings. The average Bonchev–Trinajstić information content (AvgIpc) is 2.59. The maximum Gasteiger partial charge on any atom is 0.145 e. The third-order valence-electron chi connectivity index (χ3n) is 2.25. The summed E-state index contributed by atoms with van der Waals surface area (Å²) in [4.78, 5) is 0. The normalized spacial score (nSPS) is 10.1. The van der Waals surface area contributed by atoms with E-state index in [4.69, 9.17) is 11.5 Å². The van der Waals surface area contributed by atoms with E-state index in [0.29, 0.717) is 11.5 Å². The largest absolute Gasteiger partial charge is 0.396 e. The van der Waals surface area contributed by atoms with Crippen LogP contribution in [0.4, 0.5) is 11.5 Å². The summed E-state index contributed by atoms with van der Waals surface area (Å²) in [5.74, 6) is 0.547. The van der Waals surface area contributed by atoms with Gasteiger partial charge in [-0.3, -0.25) is 0 Å². The summed E-state index contributed by atoms with van der Waals surface area (Å²) in [5, 5.41) is 0. The fourth-order valence-corrected chi connectivity index (χ4v) is 1.37. The highest BCUT2D eigenvalue weighted by Crippen LogP contribution is 2.13. The average molecular weight is 202 g/mol. The minimum absolute atomic E-state index is 0.547. The molecule has 4 heteroatoms. The highest BCUT2D eigenvalue weighted by atomic mass is 15.4. The van der Waals surface area contributed by atoms with Gasteiger partial charge in [-0.1, -0.05) is 30.3 Å². The fourth-order valence-electron chi connectivity index (χ4n) is 1.37. The summed E-state index contributed by atoms with van der Waals surface area (Å²) in [6.45, 7) is 0.721. The summed E-state index contributed by atoms with van der Waals surface area (Å²) in [5.41, 5.74) is 16.3. The maximum absolute atomic E-state index is 5.74. The molecule has 0 saturated carbocycles. The first-order valence-corrected chi connectivity index (χ1v) is 4.77. The lowest BCUT2D eigenvalue weighted by molar-refractivity contribution is 0.857. The number of hydrogen-bond donors (Lipinski definition) is 3. The Morgan fingerprint density at radius 1 is 1.07 bits per heavy atom. The summed E-state index contributed by atoms with van der Waals surface area (Å²) in [7, 11) is 0. The van der Waals surface area contributed by atoms with Crippen LogP contribution in [0.15, 0.2) is 42.6 Å². The zero-order valence-corrected chi connectivity index (χ0v) is 8.35. The lowest BCUT2D eigenvalue weighted by Crippen LogP contribution is -2.15. The van der Waals surface area contributed by atoms with Gasteiger partial charge in [0.1, 0.15) is 5.82 Å². The van der Waals surface area contributed by atoms with Crippen LogP contribution in [-0.4, -0.2) is 4.68 Å². The molecule has 0 bridgehead atoms. The van der Waals surface area contributed by atoms with Crippen molar-refractivity contribution in [1.82, 2.24) is 4.68 Å². The highest BCUT2D eigenvalue weighted by Gasteiger charge is 2.00. The first-order valence-electron chi connectivity index (χ1n) is 4.77. The minimum Gasteiger partial charge on any atom is -0.396 e. The molecule has 0 unspecified atom stereocenters. The topological polar surface area (TPSA) is 69.0 Å². The van der Waals surface area contributed by atoms with Crippen molar-refractivity contribution in [2.75, 3.05) is 16.9 Å². The first-order chi connectivity index (χ1) is 7.27. The van der Waals surface area contributed by atoms with Gasteiger partial charge in [-0.25, -0.2) is 4.68 Å². The molecule has 4 nitrogen and oxygen atoms in total. The summed E-state index contributed by atoms with van der Waals surface area (Å²) in [6.07, 6.45) is 1.81. The smallest absolute Gasteiger partial charge is 0.145 e. The van der Waals surface area contributed by atoms with Gasteiger partial charge < -0.3 is 16.9 Å². The Bertz CT molecular complexity index is 433. The van der Waals surface area contributed by atoms with Crippen molar-refractivity contribution in [3.8, 4) is 0 Å². The number of rotatable bonds is 3. The second-order valence-corrected chi connectivity index (χ2v) is 3.35. The number of nitrogens with two attached hydrogens (primary N) is 2. The summed E-state index contributed by atoms with van der Waals surface area (Å²) < 4.78 is 1.72. The van der Waals surface area contributed by atoms with Crippen LogP contribution in [0.5, 0.6) is 0 Å². The SMILES string of the molecule is Nc1ccn(NCc2ccccc2)c1N. The monoisotopic (exact) mass is 202 g/mol. The van der Waals surface area contributed by atoms with E-state index in [-0.39, 0.29) is 0 Å². The number of hydrogen-bond acceptors (Lipinski definition) is 3. The van der Waals surface area contributed by atoms with E-state index in [2.05, 4.69) is 17.6 Å². The predicted molar refractivity (Wildman–Crippen MR) is 62.8 cm³/mol. The molecule has 0 aliphatic rings. The van der Waals surface area contributed by atoms with E-state index in [9.17, 15) is 0 Å². The molecule has 0 aliphatic carbocycles. The van der Waals surface area contributed by atoms with Gasteiger partial charge in [-0.2, -0.15) is 0 Å². The molecule has 0 spiro atoms. The molecule has 1 aromatic carbocycles. The Balaban J connectivity index is 2.02. The van der Waals surface area contributed by atoms with Crippen LogP contribution in [-0.2, 0) is 6.54 Å². The predicted octanol–water partition coefficient (Wildman–Crippen LogP) is 1.40. The van der Waals surface area contributed by atoms with E-state index in [1.807, 2.05) is 24.4 Å². The Kier molecular flexibility index (Phi) is 2.49. The Labute approximate surface area is 88.5 Å². The molecule has 2 rings (SSSR count). The van der Waals surface area contributed by atoms with Crippen molar-refractivity contribution < 1.29 is 0 Å². The second kappa shape index (κ2) is 3.96. The van der Waals surface area contributed by atoms with Crippen molar-refractivity contribution in [3.63, 3.8) is 0 Å². The van der Waals surface area contributed by atoms with E-state index >= 15 is 0 Å². The summed E-state index contributed by atoms with van der Waals surface area (Å²) in [6, 6.07) is 11.9. The molecule has 1 heterocycles. The third kappa shape index (κ3) is 2.04. The second-order valence-electron chi connectivity index (χ2n) is 3.35. The van der Waals surface area contributed by atoms with Crippen LogP contribution in [0.2, 0.25) is 0 Å². The van der Waals surface area contributed by atoms with Gasteiger partial charge in [0, 0.05) is 6.20 Å². The molecule has 0 radical (unpaired) electrons. The zero-order valence-electron chi connectivity index (χ0n) is 8.35. The van der Waals surface area contributed by atoms with Crippen LogP contribution >= 0.6 is 0 Å². The van der Waals surface area contributed by atoms with Crippen molar-refractivity contribution >= 4 is 11.5 Å². The lowest BCUT2D eigenvalue weighted by Gasteiger charge is -2.09. The fraction of sp³-hybridized carbons (Fsp3) is 0.0909. The van der Waals surface area contributed by atoms with Gasteiger partial charge in [0.2, 0.25) is 0 Å². The first kappa shape index (κ1) is 9.45. The Hall–Kier alpha value is -2.10. The van der Waals surface area contributed by atoms with Gasteiger partial charge in [-0.15, -0.1) is 0 Å². The van der Waals surface area contributed by atoms with Crippen LogP contribution in [0, 0.1) is 0 Å². The number of nitrogens with one attached hydrogen (secondary N) is 1. The van der Waals surface area contributed by atoms with E-state index in [0.717, 1.165) is 6.54 Å². The van der Waals surface area contributed by atoms with E-state index in [1.54, 1.807) is 10.7 Å². The molecular formula is C11H14N4.